The van der Waals surface area contributed by atoms with Crippen molar-refractivity contribution in [2.24, 2.45) is 21.8 Å². The number of isocyanates is 2. The van der Waals surface area contributed by atoms with Crippen molar-refractivity contribution in [3.05, 3.63) is 0 Å². The molecule has 2 aromatic heterocycles. The van der Waals surface area contributed by atoms with E-state index in [1.807, 2.05) is 0 Å². The Morgan fingerprint density at radius 3 is 0.830 bits per heavy atom. The Labute approximate surface area is 682 Å². The second-order valence-corrected chi connectivity index (χ2v) is 39.3. The molecule has 112 heavy (non-hydrogen) atoms. The molecule has 22 heteroatoms. The number of unbranched alkanes of at least 4 members (excludes halogenated alkanes) is 23. The van der Waals surface area contributed by atoms with Crippen LogP contribution in [0.5, 0.6) is 0 Å². The molecule has 2 atom stereocenters. The van der Waals surface area contributed by atoms with Crippen LogP contribution in [0.4, 0.5) is 35.7 Å². The SMILES string of the molecule is CCCCCCCCON1C(C)(C)CC(C(CCC)Nc2nc(N=C=O)nc(N(CCCCCCN(c3nc(N=C=O)nc(NC(CCC)C4CC(C)(C)N(OCCCCCCCC)C(C)(C)C4)n3)C3CC(C)(C)N(OCCCCCCCC)C(C)(C)C3)C3CC(C)(C)N(OCCCCCCCC)C(C)(C)C3)n2)CC1(C)C. The molecule has 2 N–H and O–H groups in total. The average Bonchev–Trinajstić information content (AvgIpc) is 0.777. The van der Waals surface area contributed by atoms with E-state index in [0.29, 0.717) is 50.1 Å². The molecule has 2 unspecified atom stereocenters. The van der Waals surface area contributed by atoms with E-state index >= 15 is 0 Å². The summed E-state index contributed by atoms with van der Waals surface area (Å²) < 4.78 is 0. The van der Waals surface area contributed by atoms with E-state index in [1.54, 1.807) is 12.2 Å². The van der Waals surface area contributed by atoms with Crippen molar-refractivity contribution in [1.29, 1.82) is 0 Å². The number of nitrogens with one attached hydrogen (secondary N) is 2. The molecule has 4 fully saturated rings. The van der Waals surface area contributed by atoms with Gasteiger partial charge >= 0.3 is 0 Å². The maximum Gasteiger partial charge on any atom is 0.267 e. The third-order valence-electron chi connectivity index (χ3n) is 24.7. The summed E-state index contributed by atoms with van der Waals surface area (Å²) in [5, 5.41) is 17.0. The van der Waals surface area contributed by atoms with Crippen LogP contribution in [0.3, 0.4) is 0 Å². The Bertz CT molecular complexity index is 2820. The van der Waals surface area contributed by atoms with Gasteiger partial charge in [0.1, 0.15) is 0 Å². The van der Waals surface area contributed by atoms with E-state index in [1.165, 1.54) is 116 Å². The molecule has 0 amide bonds. The fraction of sp³-hybridized carbons (Fsp3) is 0.911. The number of hydroxylamine groups is 8. The quantitative estimate of drug-likeness (QED) is 0.0357. The molecule has 6 heterocycles. The minimum atomic E-state index is -0.349. The summed E-state index contributed by atoms with van der Waals surface area (Å²) in [5.41, 5.74) is -2.31. The van der Waals surface area contributed by atoms with E-state index in [0.717, 1.165) is 154 Å². The van der Waals surface area contributed by atoms with Crippen LogP contribution in [0.1, 0.15) is 409 Å². The summed E-state index contributed by atoms with van der Waals surface area (Å²) >= 11 is 0. The van der Waals surface area contributed by atoms with Crippen LogP contribution in [0.25, 0.3) is 0 Å². The third kappa shape index (κ3) is 29.9. The maximum absolute atomic E-state index is 12.4. The first kappa shape index (κ1) is 96.5. The zero-order valence-electron chi connectivity index (χ0n) is 75.7. The molecule has 4 aliphatic heterocycles. The first-order valence-corrected chi connectivity index (χ1v) is 45.7. The van der Waals surface area contributed by atoms with Crippen molar-refractivity contribution in [1.82, 2.24) is 50.2 Å². The maximum atomic E-state index is 12.4. The second-order valence-electron chi connectivity index (χ2n) is 39.3. The van der Waals surface area contributed by atoms with Gasteiger partial charge in [-0.15, -0.1) is 9.98 Å². The molecule has 4 saturated heterocycles. The molecule has 0 radical (unpaired) electrons. The number of piperidine rings is 4. The van der Waals surface area contributed by atoms with Gasteiger partial charge in [0, 0.05) is 81.6 Å². The van der Waals surface area contributed by atoms with Crippen molar-refractivity contribution >= 4 is 47.8 Å². The Balaban J connectivity index is 1.31. The van der Waals surface area contributed by atoms with Crippen LogP contribution < -0.4 is 20.4 Å². The van der Waals surface area contributed by atoms with Crippen LogP contribution in [-0.2, 0) is 28.9 Å². The number of anilines is 4. The lowest BCUT2D eigenvalue weighted by Crippen LogP contribution is -2.64. The molecule has 0 spiro atoms. The normalized spacial score (nSPS) is 20.6. The molecule has 0 saturated carbocycles. The Morgan fingerprint density at radius 2 is 0.580 bits per heavy atom. The van der Waals surface area contributed by atoms with Crippen molar-refractivity contribution in [3.8, 4) is 0 Å². The van der Waals surface area contributed by atoms with Gasteiger partial charge in [-0.1, -0.05) is 196 Å². The van der Waals surface area contributed by atoms with Gasteiger partial charge in [0.05, 0.1) is 26.4 Å². The highest BCUT2D eigenvalue weighted by molar-refractivity contribution is 5.49. The van der Waals surface area contributed by atoms with Gasteiger partial charge in [0.15, 0.2) is 0 Å². The zero-order chi connectivity index (χ0) is 82.2. The van der Waals surface area contributed by atoms with Gasteiger partial charge in [-0.05, 0) is 225 Å². The van der Waals surface area contributed by atoms with Crippen LogP contribution in [0.2, 0.25) is 0 Å². The highest BCUT2D eigenvalue weighted by Crippen LogP contribution is 2.48. The number of rotatable bonds is 55. The molecule has 0 aromatic carbocycles. The Morgan fingerprint density at radius 1 is 0.339 bits per heavy atom. The molecule has 6 rings (SSSR count). The average molecular weight is 1570 g/mol. The van der Waals surface area contributed by atoms with Crippen molar-refractivity contribution < 1.29 is 28.9 Å². The first-order valence-electron chi connectivity index (χ1n) is 45.7. The van der Waals surface area contributed by atoms with Crippen molar-refractivity contribution in [2.45, 2.75) is 478 Å². The Hall–Kier alpha value is -4.34. The number of aromatic nitrogens is 6. The lowest BCUT2D eigenvalue weighted by Gasteiger charge is -2.55. The number of aliphatic imine (C=N–C) groups is 2. The molecular weight excluding hydrogens is 1400 g/mol. The van der Waals surface area contributed by atoms with Crippen LogP contribution in [0.15, 0.2) is 9.98 Å². The third-order valence-corrected chi connectivity index (χ3v) is 24.7. The smallest absolute Gasteiger partial charge is 0.267 e. The molecule has 22 nitrogen and oxygen atoms in total. The minimum Gasteiger partial charge on any atom is -0.351 e. The summed E-state index contributed by atoms with van der Waals surface area (Å²) in [5.74, 6) is 2.54. The standard InChI is InChI=1S/C90H166N16O6/c1-23-29-33-37-43-49-57-109-103-83(7,8)61-71(62-84(103,9)10)75(53-27-5)93-79-95-77(91-69-107)97-81(99-79)101(73-65-87(15,16)105(88(17,18)66-73)111-59-51-45-39-35-31-25-3)55-47-41-42-48-56-102(74-67-89(19,20)106(90(21,22)68-74)112-60-52-46-40-36-32-26-4)82-98-78(92-70-108)96-80(100-82)94-76(54-28-6)72-63-85(11,12)104(86(13,14)64-72)110-58-50-44-38-34-30-24-2/h71-76H,23-68H2,1-22H3,(H,93,95,97,99)(H,94,96,98,100). The lowest BCUT2D eigenvalue weighted by atomic mass is 9.71. The van der Waals surface area contributed by atoms with E-state index in [2.05, 4.69) is 203 Å². The van der Waals surface area contributed by atoms with E-state index in [-0.39, 0.29) is 92.2 Å². The minimum absolute atomic E-state index is 0.00468. The van der Waals surface area contributed by atoms with Gasteiger partial charge < -0.3 is 20.4 Å². The molecule has 0 aliphatic carbocycles. The monoisotopic (exact) mass is 1570 g/mol. The fourth-order valence-corrected chi connectivity index (χ4v) is 20.6. The van der Waals surface area contributed by atoms with Gasteiger partial charge in [0.25, 0.3) is 11.9 Å². The first-order chi connectivity index (χ1) is 53.2. The second kappa shape index (κ2) is 46.7. The van der Waals surface area contributed by atoms with Crippen LogP contribution in [-0.4, -0.2) is 170 Å². The van der Waals surface area contributed by atoms with Gasteiger partial charge in [-0.2, -0.15) is 50.2 Å². The number of carbonyl (C=O) groups excluding carboxylic acids is 2. The predicted octanol–water partition coefficient (Wildman–Crippen LogP) is 22.8. The largest absolute Gasteiger partial charge is 0.351 e. The topological polar surface area (TPSA) is 217 Å². The summed E-state index contributed by atoms with van der Waals surface area (Å²) in [6, 6.07) is 0.0833. The zero-order valence-corrected chi connectivity index (χ0v) is 75.7. The van der Waals surface area contributed by atoms with Crippen molar-refractivity contribution in [2.75, 3.05) is 60.0 Å². The summed E-state index contributed by atoms with van der Waals surface area (Å²) in [6.07, 6.45) is 46.9. The molecule has 2 aromatic rings. The fourth-order valence-electron chi connectivity index (χ4n) is 20.6. The van der Waals surface area contributed by atoms with Gasteiger partial charge in [0.2, 0.25) is 36.0 Å². The van der Waals surface area contributed by atoms with Gasteiger partial charge in [-0.3, -0.25) is 19.4 Å². The lowest BCUT2D eigenvalue weighted by molar-refractivity contribution is -0.289. The van der Waals surface area contributed by atoms with E-state index in [9.17, 15) is 9.59 Å². The molecule has 0 bridgehead atoms. The summed E-state index contributed by atoms with van der Waals surface area (Å²) in [4.78, 5) is 95.9. The summed E-state index contributed by atoms with van der Waals surface area (Å²) in [6.45, 7) is 54.9. The van der Waals surface area contributed by atoms with Crippen molar-refractivity contribution in [3.63, 3.8) is 0 Å². The summed E-state index contributed by atoms with van der Waals surface area (Å²) in [7, 11) is 0. The predicted molar refractivity (Wildman–Crippen MR) is 462 cm³/mol. The molecule has 642 valence electrons. The number of hydrogen-bond acceptors (Lipinski definition) is 22. The highest BCUT2D eigenvalue weighted by Gasteiger charge is 2.53. The Kier molecular flexibility index (Phi) is 40.2. The van der Waals surface area contributed by atoms with Gasteiger partial charge in [-0.25, -0.2) is 9.59 Å². The van der Waals surface area contributed by atoms with Crippen LogP contribution in [0, 0.1) is 11.8 Å². The highest BCUT2D eigenvalue weighted by atomic mass is 16.7. The van der Waals surface area contributed by atoms with E-state index < -0.39 is 0 Å². The van der Waals surface area contributed by atoms with E-state index in [4.69, 9.17) is 49.3 Å². The molecular formula is C90H166N16O6. The number of nitrogens with zero attached hydrogens (tertiary/aromatic N) is 14. The molecule has 4 aliphatic rings. The van der Waals surface area contributed by atoms with Crippen LogP contribution >= 0.6 is 0 Å². The number of hydrogen-bond donors (Lipinski definition) is 2.